The summed E-state index contributed by atoms with van der Waals surface area (Å²) < 4.78 is 13.9. The number of halogens is 2. The molecule has 0 aliphatic rings. The Morgan fingerprint density at radius 2 is 2.05 bits per heavy atom. The predicted molar refractivity (Wildman–Crippen MR) is 79.9 cm³/mol. The number of benzene rings is 2. The SMILES string of the molecule is Cc1cc(Nc2cc(F)ccc2Br)cc(C(=O)O)c1N. The molecule has 0 saturated carbocycles. The molecule has 6 heteroatoms. The van der Waals surface area contributed by atoms with E-state index in [4.69, 9.17) is 10.8 Å². The number of carbonyl (C=O) groups is 1. The molecule has 2 rings (SSSR count). The molecular weight excluding hydrogens is 327 g/mol. The lowest BCUT2D eigenvalue weighted by molar-refractivity contribution is 0.0698. The van der Waals surface area contributed by atoms with Crippen molar-refractivity contribution in [1.29, 1.82) is 0 Å². The van der Waals surface area contributed by atoms with E-state index in [9.17, 15) is 9.18 Å². The lowest BCUT2D eigenvalue weighted by Crippen LogP contribution is -2.05. The predicted octanol–water partition coefficient (Wildman–Crippen LogP) is 3.92. The molecule has 0 fully saturated rings. The Kier molecular flexibility index (Phi) is 3.94. The number of nitrogen functional groups attached to an aromatic ring is 1. The van der Waals surface area contributed by atoms with Crippen LogP contribution in [-0.2, 0) is 0 Å². The molecule has 0 spiro atoms. The van der Waals surface area contributed by atoms with E-state index in [-0.39, 0.29) is 17.1 Å². The highest BCUT2D eigenvalue weighted by molar-refractivity contribution is 9.10. The molecular formula is C14H12BrFN2O2. The molecule has 0 aliphatic heterocycles. The number of hydrogen-bond acceptors (Lipinski definition) is 3. The van der Waals surface area contributed by atoms with E-state index in [0.717, 1.165) is 0 Å². The van der Waals surface area contributed by atoms with Gasteiger partial charge in [-0.25, -0.2) is 9.18 Å². The third-order valence-electron chi connectivity index (χ3n) is 2.82. The van der Waals surface area contributed by atoms with Gasteiger partial charge >= 0.3 is 5.97 Å². The highest BCUT2D eigenvalue weighted by atomic mass is 79.9. The Hall–Kier alpha value is -2.08. The minimum atomic E-state index is -1.10. The van der Waals surface area contributed by atoms with Crippen LogP contribution in [0.3, 0.4) is 0 Å². The Bertz CT molecular complexity index is 689. The molecule has 0 radical (unpaired) electrons. The number of hydrogen-bond donors (Lipinski definition) is 3. The number of nitrogens with one attached hydrogen (secondary N) is 1. The van der Waals surface area contributed by atoms with Crippen LogP contribution in [0, 0.1) is 12.7 Å². The molecule has 0 saturated heterocycles. The number of anilines is 3. The molecule has 2 aromatic rings. The number of nitrogens with two attached hydrogens (primary N) is 1. The average molecular weight is 339 g/mol. The summed E-state index contributed by atoms with van der Waals surface area (Å²) >= 11 is 3.30. The van der Waals surface area contributed by atoms with Crippen LogP contribution in [0.2, 0.25) is 0 Å². The molecule has 0 unspecified atom stereocenters. The second kappa shape index (κ2) is 5.50. The molecule has 20 heavy (non-hydrogen) atoms. The van der Waals surface area contributed by atoms with Crippen molar-refractivity contribution in [2.24, 2.45) is 0 Å². The standard InChI is InChI=1S/C14H12BrFN2O2/c1-7-4-9(6-10(13(7)17)14(19)20)18-12-5-8(16)2-3-11(12)15/h2-6,18H,17H2,1H3,(H,19,20). The third kappa shape index (κ3) is 2.91. The minimum absolute atomic E-state index is 0.0139. The number of aryl methyl sites for hydroxylation is 1. The first kappa shape index (κ1) is 14.3. The van der Waals surface area contributed by atoms with E-state index in [1.807, 2.05) is 0 Å². The molecule has 0 heterocycles. The zero-order chi connectivity index (χ0) is 14.9. The molecule has 4 nitrogen and oxygen atoms in total. The van der Waals surface area contributed by atoms with Crippen molar-refractivity contribution in [3.8, 4) is 0 Å². The van der Waals surface area contributed by atoms with E-state index < -0.39 is 5.97 Å². The van der Waals surface area contributed by atoms with Crippen LogP contribution in [0.25, 0.3) is 0 Å². The smallest absolute Gasteiger partial charge is 0.337 e. The monoisotopic (exact) mass is 338 g/mol. The number of carboxylic acids is 1. The van der Waals surface area contributed by atoms with Crippen LogP contribution < -0.4 is 11.1 Å². The number of aromatic carboxylic acids is 1. The van der Waals surface area contributed by atoms with Gasteiger partial charge in [0.25, 0.3) is 0 Å². The second-order valence-corrected chi connectivity index (χ2v) is 5.16. The van der Waals surface area contributed by atoms with Crippen LogP contribution >= 0.6 is 15.9 Å². The summed E-state index contributed by atoms with van der Waals surface area (Å²) in [6.45, 7) is 1.72. The van der Waals surface area contributed by atoms with Gasteiger partial charge < -0.3 is 16.2 Å². The van der Waals surface area contributed by atoms with Crippen molar-refractivity contribution in [2.45, 2.75) is 6.92 Å². The van der Waals surface area contributed by atoms with Gasteiger partial charge in [0.1, 0.15) is 5.82 Å². The Morgan fingerprint density at radius 3 is 2.70 bits per heavy atom. The lowest BCUT2D eigenvalue weighted by Gasteiger charge is -2.12. The average Bonchev–Trinajstić information content (AvgIpc) is 2.37. The van der Waals surface area contributed by atoms with Crippen LogP contribution in [0.4, 0.5) is 21.5 Å². The quantitative estimate of drug-likeness (QED) is 0.741. The first-order valence-electron chi connectivity index (χ1n) is 5.74. The fourth-order valence-electron chi connectivity index (χ4n) is 1.80. The summed E-state index contributed by atoms with van der Waals surface area (Å²) in [5.41, 5.74) is 7.63. The third-order valence-corrected chi connectivity index (χ3v) is 3.52. The van der Waals surface area contributed by atoms with Gasteiger partial charge in [-0.05, 0) is 58.7 Å². The normalized spacial score (nSPS) is 10.3. The molecule has 0 bridgehead atoms. The maximum Gasteiger partial charge on any atom is 0.337 e. The molecule has 0 aromatic heterocycles. The molecule has 0 aliphatic carbocycles. The Labute approximate surface area is 123 Å². The fraction of sp³-hybridized carbons (Fsp3) is 0.0714. The van der Waals surface area contributed by atoms with Crippen molar-refractivity contribution in [2.75, 3.05) is 11.1 Å². The van der Waals surface area contributed by atoms with Gasteiger partial charge in [0.2, 0.25) is 0 Å². The van der Waals surface area contributed by atoms with Crippen molar-refractivity contribution in [1.82, 2.24) is 0 Å². The highest BCUT2D eigenvalue weighted by Crippen LogP contribution is 2.29. The van der Waals surface area contributed by atoms with E-state index in [1.165, 1.54) is 18.2 Å². The van der Waals surface area contributed by atoms with Crippen LogP contribution in [-0.4, -0.2) is 11.1 Å². The molecule has 0 atom stereocenters. The molecule has 4 N–H and O–H groups in total. The van der Waals surface area contributed by atoms with Gasteiger partial charge in [-0.3, -0.25) is 0 Å². The fourth-order valence-corrected chi connectivity index (χ4v) is 2.14. The molecule has 2 aromatic carbocycles. The zero-order valence-electron chi connectivity index (χ0n) is 10.6. The lowest BCUT2D eigenvalue weighted by atomic mass is 10.1. The van der Waals surface area contributed by atoms with Crippen LogP contribution in [0.15, 0.2) is 34.8 Å². The first-order valence-corrected chi connectivity index (χ1v) is 6.53. The summed E-state index contributed by atoms with van der Waals surface area (Å²) in [6.07, 6.45) is 0. The van der Waals surface area contributed by atoms with Crippen molar-refractivity contribution in [3.05, 3.63) is 51.7 Å². The van der Waals surface area contributed by atoms with Gasteiger partial charge in [0.15, 0.2) is 0 Å². The van der Waals surface area contributed by atoms with Crippen molar-refractivity contribution < 1.29 is 14.3 Å². The summed E-state index contributed by atoms with van der Waals surface area (Å²) in [5, 5.41) is 12.1. The summed E-state index contributed by atoms with van der Waals surface area (Å²) in [4.78, 5) is 11.1. The van der Waals surface area contributed by atoms with Crippen molar-refractivity contribution in [3.63, 3.8) is 0 Å². The van der Waals surface area contributed by atoms with E-state index in [2.05, 4.69) is 21.2 Å². The molecule has 104 valence electrons. The maximum atomic E-state index is 13.2. The van der Waals surface area contributed by atoms with Gasteiger partial charge in [-0.2, -0.15) is 0 Å². The number of carboxylic acid groups (broad SMARTS) is 1. The van der Waals surface area contributed by atoms with Gasteiger partial charge in [-0.15, -0.1) is 0 Å². The van der Waals surface area contributed by atoms with Crippen molar-refractivity contribution >= 4 is 39.0 Å². The highest BCUT2D eigenvalue weighted by Gasteiger charge is 2.12. The number of rotatable bonds is 3. The zero-order valence-corrected chi connectivity index (χ0v) is 12.2. The summed E-state index contributed by atoms with van der Waals surface area (Å²) in [6, 6.07) is 7.34. The van der Waals surface area contributed by atoms with E-state index in [0.29, 0.717) is 21.4 Å². The molecule has 0 amide bonds. The van der Waals surface area contributed by atoms with Gasteiger partial charge in [0.05, 0.1) is 11.3 Å². The first-order chi connectivity index (χ1) is 9.38. The van der Waals surface area contributed by atoms with E-state index >= 15 is 0 Å². The largest absolute Gasteiger partial charge is 0.478 e. The minimum Gasteiger partial charge on any atom is -0.478 e. The Morgan fingerprint density at radius 1 is 1.35 bits per heavy atom. The van der Waals surface area contributed by atoms with Gasteiger partial charge in [-0.1, -0.05) is 0 Å². The van der Waals surface area contributed by atoms with Crippen LogP contribution in [0.1, 0.15) is 15.9 Å². The van der Waals surface area contributed by atoms with Gasteiger partial charge in [0, 0.05) is 15.8 Å². The van der Waals surface area contributed by atoms with E-state index in [1.54, 1.807) is 19.1 Å². The topological polar surface area (TPSA) is 75.3 Å². The summed E-state index contributed by atoms with van der Waals surface area (Å²) in [5.74, 6) is -1.49. The summed E-state index contributed by atoms with van der Waals surface area (Å²) in [7, 11) is 0. The second-order valence-electron chi connectivity index (χ2n) is 4.31. The Balaban J connectivity index is 2.44. The maximum absolute atomic E-state index is 13.2. The van der Waals surface area contributed by atoms with Crippen LogP contribution in [0.5, 0.6) is 0 Å².